The largest absolute Gasteiger partial charge is 0.325 e. The van der Waals surface area contributed by atoms with Crippen molar-refractivity contribution in [3.63, 3.8) is 0 Å². The maximum absolute atomic E-state index is 12.2. The summed E-state index contributed by atoms with van der Waals surface area (Å²) in [5, 5.41) is 9.12. The molecule has 3 unspecified atom stereocenters. The van der Waals surface area contributed by atoms with Crippen LogP contribution in [0, 0.1) is 0 Å². The average molecular weight is 379 g/mol. The molecule has 146 valence electrons. The summed E-state index contributed by atoms with van der Waals surface area (Å²) in [5.74, 6) is -0.277. The van der Waals surface area contributed by atoms with Gasteiger partial charge >= 0.3 is 6.03 Å². The fourth-order valence-corrected chi connectivity index (χ4v) is 3.84. The van der Waals surface area contributed by atoms with Gasteiger partial charge in [0.2, 0.25) is 5.91 Å². The molecule has 2 aromatic rings. The van der Waals surface area contributed by atoms with Crippen LogP contribution >= 0.6 is 0 Å². The smallest absolute Gasteiger partial charge is 0.310 e. The highest BCUT2D eigenvalue weighted by Crippen LogP contribution is 2.16. The van der Waals surface area contributed by atoms with Gasteiger partial charge in [0.1, 0.15) is 12.2 Å². The van der Waals surface area contributed by atoms with Crippen molar-refractivity contribution in [2.45, 2.75) is 31.5 Å². The van der Waals surface area contributed by atoms with Crippen molar-refractivity contribution in [2.24, 2.45) is 0 Å². The van der Waals surface area contributed by atoms with E-state index < -0.39 is 6.04 Å². The Morgan fingerprint density at radius 2 is 1.46 bits per heavy atom. The zero-order chi connectivity index (χ0) is 19.5. The van der Waals surface area contributed by atoms with Crippen molar-refractivity contribution in [2.75, 3.05) is 13.6 Å². The molecule has 2 aliphatic rings. The minimum absolute atomic E-state index is 0.0958. The van der Waals surface area contributed by atoms with E-state index in [4.69, 9.17) is 0 Å². The second-order valence-corrected chi connectivity index (χ2v) is 7.35. The Bertz CT molecular complexity index is 788. The fourth-order valence-electron chi connectivity index (χ4n) is 3.84. The zero-order valence-corrected chi connectivity index (χ0v) is 15.8. The van der Waals surface area contributed by atoms with E-state index in [1.54, 1.807) is 7.05 Å². The highest BCUT2D eigenvalue weighted by atomic mass is 16.2. The van der Waals surface area contributed by atoms with Crippen LogP contribution in [0.25, 0.3) is 0 Å². The summed E-state index contributed by atoms with van der Waals surface area (Å²) in [5.41, 5.74) is 2.47. The van der Waals surface area contributed by atoms with Gasteiger partial charge in [0, 0.05) is 26.7 Å². The van der Waals surface area contributed by atoms with Gasteiger partial charge in [-0.2, -0.15) is 0 Å². The van der Waals surface area contributed by atoms with Crippen molar-refractivity contribution in [1.82, 2.24) is 25.8 Å². The summed E-state index contributed by atoms with van der Waals surface area (Å²) in [6, 6.07) is 19.9. The second-order valence-electron chi connectivity index (χ2n) is 7.35. The predicted octanol–water partition coefficient (Wildman–Crippen LogP) is 1.08. The summed E-state index contributed by atoms with van der Waals surface area (Å²) in [6.45, 7) is 2.30. The number of fused-ring (bicyclic) bond motifs is 1. The molecule has 2 heterocycles. The third-order valence-corrected chi connectivity index (χ3v) is 5.26. The monoisotopic (exact) mass is 379 g/mol. The zero-order valence-electron chi connectivity index (χ0n) is 15.8. The number of nitrogens with zero attached hydrogens (tertiary/aromatic N) is 2. The minimum Gasteiger partial charge on any atom is -0.310 e. The molecule has 3 N–H and O–H groups in total. The van der Waals surface area contributed by atoms with Gasteiger partial charge in [0.15, 0.2) is 0 Å². The molecule has 7 nitrogen and oxygen atoms in total. The van der Waals surface area contributed by atoms with E-state index in [1.807, 2.05) is 36.4 Å². The molecule has 7 heteroatoms. The number of carbonyl (C=O) groups excluding carboxylic acids is 2. The number of hydrogen-bond acceptors (Lipinski definition) is 5. The Morgan fingerprint density at radius 3 is 2.04 bits per heavy atom. The van der Waals surface area contributed by atoms with Crippen LogP contribution < -0.4 is 16.0 Å². The van der Waals surface area contributed by atoms with Gasteiger partial charge in [-0.3, -0.25) is 25.6 Å². The van der Waals surface area contributed by atoms with Crippen molar-refractivity contribution in [1.29, 1.82) is 0 Å². The fraction of sp³-hybridized carbons (Fsp3) is 0.333. The highest BCUT2D eigenvalue weighted by molar-refractivity contribution is 6.00. The maximum Gasteiger partial charge on any atom is 0.325 e. The number of imide groups is 1. The normalized spacial score (nSPS) is 24.4. The quantitative estimate of drug-likeness (QED) is 0.700. The van der Waals surface area contributed by atoms with E-state index in [0.717, 1.165) is 13.1 Å². The molecule has 28 heavy (non-hydrogen) atoms. The van der Waals surface area contributed by atoms with Crippen molar-refractivity contribution in [3.05, 3.63) is 71.8 Å². The molecule has 0 aliphatic carbocycles. The number of amides is 3. The van der Waals surface area contributed by atoms with E-state index in [1.165, 1.54) is 16.0 Å². The van der Waals surface area contributed by atoms with Crippen molar-refractivity contribution >= 4 is 11.9 Å². The summed E-state index contributed by atoms with van der Waals surface area (Å²) >= 11 is 0. The molecule has 0 radical (unpaired) electrons. The van der Waals surface area contributed by atoms with E-state index in [-0.39, 0.29) is 24.3 Å². The number of nitrogens with one attached hydrogen (secondary N) is 3. The lowest BCUT2D eigenvalue weighted by Crippen LogP contribution is -2.64. The average Bonchev–Trinajstić information content (AvgIpc) is 3.12. The Balaban J connectivity index is 1.47. The van der Waals surface area contributed by atoms with Crippen molar-refractivity contribution < 1.29 is 9.59 Å². The number of likely N-dealkylation sites (N-methyl/N-ethyl adjacent to an activating group) is 1. The molecule has 0 spiro atoms. The maximum atomic E-state index is 12.2. The van der Waals surface area contributed by atoms with E-state index in [9.17, 15) is 9.59 Å². The molecule has 2 fully saturated rings. The third-order valence-electron chi connectivity index (χ3n) is 5.26. The van der Waals surface area contributed by atoms with Gasteiger partial charge < -0.3 is 4.90 Å². The molecule has 3 amide bonds. The van der Waals surface area contributed by atoms with Gasteiger partial charge in [-0.25, -0.2) is 4.79 Å². The topological polar surface area (TPSA) is 76.7 Å². The van der Waals surface area contributed by atoms with Gasteiger partial charge in [0.25, 0.3) is 0 Å². The van der Waals surface area contributed by atoms with Gasteiger partial charge in [-0.1, -0.05) is 60.7 Å². The lowest BCUT2D eigenvalue weighted by Gasteiger charge is -2.32. The molecule has 2 aliphatic heterocycles. The summed E-state index contributed by atoms with van der Waals surface area (Å²) < 4.78 is 0. The molecular weight excluding hydrogens is 354 g/mol. The number of benzene rings is 2. The first-order valence-electron chi connectivity index (χ1n) is 9.50. The van der Waals surface area contributed by atoms with Crippen LogP contribution in [0.2, 0.25) is 0 Å². The molecule has 0 saturated carbocycles. The third kappa shape index (κ3) is 4.06. The number of hydrogen-bond donors (Lipinski definition) is 3. The molecular formula is C21H25N5O2. The van der Waals surface area contributed by atoms with Gasteiger partial charge in [-0.15, -0.1) is 0 Å². The molecule has 0 aromatic heterocycles. The Hall–Kier alpha value is -2.74. The highest BCUT2D eigenvalue weighted by Gasteiger charge is 2.46. The molecule has 0 bridgehead atoms. The second kappa shape index (κ2) is 8.10. The standard InChI is InChI=1S/C21H25N5O2/c1-25-19-18(20(27)24-21(25)28)22-17(23-19)14-26(12-15-8-4-2-5-9-15)13-16-10-6-3-7-11-16/h2-11,17-19,22-23H,12-14H2,1H3,(H,24,27,28). The molecule has 2 aromatic carbocycles. The van der Waals surface area contributed by atoms with Crippen LogP contribution in [0.3, 0.4) is 0 Å². The van der Waals surface area contributed by atoms with Crippen LogP contribution in [-0.4, -0.2) is 53.7 Å². The minimum atomic E-state index is -0.442. The summed E-state index contributed by atoms with van der Waals surface area (Å²) in [7, 11) is 1.70. The van der Waals surface area contributed by atoms with Gasteiger partial charge in [-0.05, 0) is 11.1 Å². The Labute approximate surface area is 164 Å². The number of carbonyl (C=O) groups is 2. The molecule has 4 rings (SSSR count). The van der Waals surface area contributed by atoms with E-state index >= 15 is 0 Å². The summed E-state index contributed by atoms with van der Waals surface area (Å²) in [4.78, 5) is 27.9. The first kappa shape index (κ1) is 18.6. The number of rotatable bonds is 6. The first-order chi connectivity index (χ1) is 13.6. The number of urea groups is 1. The predicted molar refractivity (Wildman–Crippen MR) is 106 cm³/mol. The lowest BCUT2D eigenvalue weighted by atomic mass is 10.1. The SMILES string of the molecule is CN1C(=O)NC(=O)C2NC(CN(Cc3ccccc3)Cc3ccccc3)NC21. The van der Waals surface area contributed by atoms with Crippen LogP contribution in [0.15, 0.2) is 60.7 Å². The van der Waals surface area contributed by atoms with E-state index in [2.05, 4.69) is 45.1 Å². The molecule has 3 atom stereocenters. The van der Waals surface area contributed by atoms with Crippen LogP contribution in [0.4, 0.5) is 4.79 Å². The lowest BCUT2D eigenvalue weighted by molar-refractivity contribution is -0.124. The molecule has 2 saturated heterocycles. The summed E-state index contributed by atoms with van der Waals surface area (Å²) in [6.07, 6.45) is -0.428. The Morgan fingerprint density at radius 1 is 0.893 bits per heavy atom. The Kier molecular flexibility index (Phi) is 5.38. The van der Waals surface area contributed by atoms with Crippen LogP contribution in [-0.2, 0) is 17.9 Å². The van der Waals surface area contributed by atoms with Crippen LogP contribution in [0.1, 0.15) is 11.1 Å². The van der Waals surface area contributed by atoms with Crippen LogP contribution in [0.5, 0.6) is 0 Å². The van der Waals surface area contributed by atoms with Crippen molar-refractivity contribution in [3.8, 4) is 0 Å². The van der Waals surface area contributed by atoms with E-state index in [0.29, 0.717) is 6.54 Å². The van der Waals surface area contributed by atoms with Gasteiger partial charge in [0.05, 0.1) is 6.17 Å². The first-order valence-corrected chi connectivity index (χ1v) is 9.50.